The van der Waals surface area contributed by atoms with Gasteiger partial charge in [0.25, 0.3) is 0 Å². The molecule has 1 aromatic heterocycles. The number of aryl methyl sites for hydroxylation is 2. The summed E-state index contributed by atoms with van der Waals surface area (Å²) < 4.78 is 16.3. The molecule has 0 N–H and O–H groups in total. The van der Waals surface area contributed by atoms with Gasteiger partial charge in [-0.3, -0.25) is 9.36 Å². The summed E-state index contributed by atoms with van der Waals surface area (Å²) in [6.45, 7) is 2.90. The molecule has 2 fully saturated rings. The molecular weight excluding hydrogens is 359 g/mol. The van der Waals surface area contributed by atoms with Gasteiger partial charge in [-0.05, 0) is 38.2 Å². The molecule has 3 heterocycles. The summed E-state index contributed by atoms with van der Waals surface area (Å²) in [4.78, 5) is 27.4. The Balaban J connectivity index is 1.43. The zero-order valence-corrected chi connectivity index (χ0v) is 16.1. The molecule has 3 aliphatic rings. The summed E-state index contributed by atoms with van der Waals surface area (Å²) in [6.07, 6.45) is 3.29. The van der Waals surface area contributed by atoms with Crippen molar-refractivity contribution in [1.29, 1.82) is 0 Å². The number of amides is 1. The van der Waals surface area contributed by atoms with E-state index in [1.165, 1.54) is 16.0 Å². The van der Waals surface area contributed by atoms with Crippen LogP contribution in [0, 0.1) is 6.92 Å². The van der Waals surface area contributed by atoms with Crippen molar-refractivity contribution < 1.29 is 9.18 Å². The lowest BCUT2D eigenvalue weighted by molar-refractivity contribution is -0.142. The number of carbonyl (C=O) groups is 1. The molecule has 0 spiro atoms. The Morgan fingerprint density at radius 3 is 2.61 bits per heavy atom. The number of aromatic nitrogens is 3. The quantitative estimate of drug-likeness (QED) is 0.812. The minimum absolute atomic E-state index is 0.0273. The zero-order valence-electron chi connectivity index (χ0n) is 16.1. The highest BCUT2D eigenvalue weighted by atomic mass is 19.1. The van der Waals surface area contributed by atoms with Crippen LogP contribution < -0.4 is 5.69 Å². The lowest BCUT2D eigenvalue weighted by Gasteiger charge is -2.37. The number of likely N-dealkylation sites (tertiary alicyclic amines) is 1. The van der Waals surface area contributed by atoms with E-state index in [0.717, 1.165) is 19.3 Å². The molecule has 1 aromatic carbocycles. The first-order valence-corrected chi connectivity index (χ1v) is 10.2. The van der Waals surface area contributed by atoms with Crippen LogP contribution in [0.2, 0.25) is 0 Å². The lowest BCUT2D eigenvalue weighted by atomic mass is 9.95. The fourth-order valence-corrected chi connectivity index (χ4v) is 4.57. The molecule has 1 saturated carbocycles. The molecule has 1 atom stereocenters. The van der Waals surface area contributed by atoms with Crippen LogP contribution in [0.15, 0.2) is 29.1 Å². The number of carbonyl (C=O) groups excluding carboxylic acids is 1. The van der Waals surface area contributed by atoms with E-state index in [2.05, 4.69) is 36.3 Å². The molecule has 6 nitrogen and oxygen atoms in total. The Labute approximate surface area is 163 Å². The van der Waals surface area contributed by atoms with Gasteiger partial charge in [0.05, 0.1) is 19.6 Å². The lowest BCUT2D eigenvalue weighted by Crippen LogP contribution is -2.54. The van der Waals surface area contributed by atoms with Gasteiger partial charge in [0.2, 0.25) is 5.91 Å². The molecule has 148 valence electrons. The van der Waals surface area contributed by atoms with Crippen LogP contribution in [0.25, 0.3) is 0 Å². The van der Waals surface area contributed by atoms with Gasteiger partial charge in [-0.25, -0.2) is 13.9 Å². The maximum Gasteiger partial charge on any atom is 0.346 e. The monoisotopic (exact) mass is 384 g/mol. The predicted molar refractivity (Wildman–Crippen MR) is 102 cm³/mol. The van der Waals surface area contributed by atoms with Gasteiger partial charge in [0, 0.05) is 11.8 Å². The Hall–Kier alpha value is -2.44. The van der Waals surface area contributed by atoms with E-state index in [9.17, 15) is 14.0 Å². The Morgan fingerprint density at radius 1 is 1.25 bits per heavy atom. The number of alkyl halides is 1. The fourth-order valence-electron chi connectivity index (χ4n) is 4.57. The van der Waals surface area contributed by atoms with Gasteiger partial charge < -0.3 is 4.90 Å². The van der Waals surface area contributed by atoms with Gasteiger partial charge in [-0.15, -0.1) is 0 Å². The smallest absolute Gasteiger partial charge is 0.335 e. The molecule has 5 rings (SSSR count). The fraction of sp³-hybridized carbons (Fsp3) is 0.571. The molecule has 2 aromatic rings. The topological polar surface area (TPSA) is 60.1 Å². The van der Waals surface area contributed by atoms with Crippen molar-refractivity contribution >= 4 is 5.91 Å². The van der Waals surface area contributed by atoms with E-state index < -0.39 is 12.2 Å². The van der Waals surface area contributed by atoms with Crippen LogP contribution in [-0.4, -0.2) is 44.4 Å². The van der Waals surface area contributed by atoms with E-state index in [1.807, 2.05) is 0 Å². The highest BCUT2D eigenvalue weighted by molar-refractivity contribution is 5.81. The largest absolute Gasteiger partial charge is 0.346 e. The first-order chi connectivity index (χ1) is 13.5. The van der Waals surface area contributed by atoms with Gasteiger partial charge in [-0.1, -0.05) is 29.8 Å². The maximum absolute atomic E-state index is 13.2. The van der Waals surface area contributed by atoms with Crippen LogP contribution in [0.4, 0.5) is 4.39 Å². The van der Waals surface area contributed by atoms with Crippen molar-refractivity contribution in [2.45, 2.75) is 63.2 Å². The third kappa shape index (κ3) is 2.79. The van der Waals surface area contributed by atoms with E-state index in [0.29, 0.717) is 25.2 Å². The van der Waals surface area contributed by atoms with E-state index >= 15 is 0 Å². The van der Waals surface area contributed by atoms with Crippen molar-refractivity contribution in [3.8, 4) is 0 Å². The summed E-state index contributed by atoms with van der Waals surface area (Å²) >= 11 is 0. The van der Waals surface area contributed by atoms with Crippen LogP contribution in [0.1, 0.15) is 48.7 Å². The van der Waals surface area contributed by atoms with Crippen LogP contribution in [-0.2, 0) is 23.2 Å². The zero-order chi connectivity index (χ0) is 19.5. The van der Waals surface area contributed by atoms with Crippen LogP contribution in [0.3, 0.4) is 0 Å². The van der Waals surface area contributed by atoms with Crippen LogP contribution >= 0.6 is 0 Å². The molecule has 7 heteroatoms. The van der Waals surface area contributed by atoms with Crippen molar-refractivity contribution in [1.82, 2.24) is 19.2 Å². The Kier molecular flexibility index (Phi) is 3.96. The molecule has 2 aliphatic heterocycles. The van der Waals surface area contributed by atoms with E-state index in [-0.39, 0.29) is 30.1 Å². The van der Waals surface area contributed by atoms with Crippen LogP contribution in [0.5, 0.6) is 0 Å². The van der Waals surface area contributed by atoms with Gasteiger partial charge in [0.1, 0.15) is 18.0 Å². The maximum atomic E-state index is 13.2. The molecule has 1 unspecified atom stereocenters. The normalized spacial score (nSPS) is 23.2. The SMILES string of the molecule is Cc1ccc(C2(Cn3nc4n(c3=O)C(C(=O)N3CC(F)C3)CCC4)CC2)cc1. The average molecular weight is 384 g/mol. The summed E-state index contributed by atoms with van der Waals surface area (Å²) in [5.74, 6) is 0.544. The molecule has 1 saturated heterocycles. The van der Waals surface area contributed by atoms with Crippen molar-refractivity contribution in [2.75, 3.05) is 13.1 Å². The summed E-state index contributed by atoms with van der Waals surface area (Å²) in [7, 11) is 0. The molecule has 1 aliphatic carbocycles. The number of benzene rings is 1. The number of nitrogens with zero attached hydrogens (tertiary/aromatic N) is 4. The van der Waals surface area contributed by atoms with Gasteiger partial charge >= 0.3 is 5.69 Å². The highest BCUT2D eigenvalue weighted by Gasteiger charge is 2.46. The molecule has 0 bridgehead atoms. The summed E-state index contributed by atoms with van der Waals surface area (Å²) in [5, 5.41) is 4.59. The van der Waals surface area contributed by atoms with E-state index in [4.69, 9.17) is 0 Å². The number of hydrogen-bond acceptors (Lipinski definition) is 3. The Bertz CT molecular complexity index is 967. The first kappa shape index (κ1) is 17.6. The number of hydrogen-bond donors (Lipinski definition) is 0. The third-order valence-corrected chi connectivity index (χ3v) is 6.53. The minimum Gasteiger partial charge on any atom is -0.335 e. The van der Waals surface area contributed by atoms with Crippen molar-refractivity contribution in [3.05, 3.63) is 51.7 Å². The standard InChI is InChI=1S/C21H25FN4O2/c1-14-5-7-15(8-6-14)21(9-10-21)13-25-20(28)26-17(3-2-4-18(26)23-25)19(27)24-11-16(22)12-24/h5-8,16-17H,2-4,9-13H2,1H3. The molecule has 0 radical (unpaired) electrons. The molecule has 28 heavy (non-hydrogen) atoms. The molecular formula is C21H25FN4O2. The second-order valence-electron chi connectivity index (χ2n) is 8.62. The summed E-state index contributed by atoms with van der Waals surface area (Å²) in [5.41, 5.74) is 2.24. The molecule has 1 amide bonds. The first-order valence-electron chi connectivity index (χ1n) is 10.2. The van der Waals surface area contributed by atoms with E-state index in [1.54, 1.807) is 9.25 Å². The van der Waals surface area contributed by atoms with Crippen molar-refractivity contribution in [3.63, 3.8) is 0 Å². The average Bonchev–Trinajstić information content (AvgIpc) is 3.38. The number of halogens is 1. The summed E-state index contributed by atoms with van der Waals surface area (Å²) in [6, 6.07) is 7.97. The van der Waals surface area contributed by atoms with Gasteiger partial charge in [0.15, 0.2) is 0 Å². The second kappa shape index (κ2) is 6.29. The number of rotatable bonds is 4. The van der Waals surface area contributed by atoms with Gasteiger partial charge in [-0.2, -0.15) is 5.10 Å². The van der Waals surface area contributed by atoms with Crippen molar-refractivity contribution in [2.24, 2.45) is 0 Å². The minimum atomic E-state index is -0.935. The third-order valence-electron chi connectivity index (χ3n) is 6.53. The number of fused-ring (bicyclic) bond motifs is 1. The highest BCUT2D eigenvalue weighted by Crippen LogP contribution is 2.49. The second-order valence-corrected chi connectivity index (χ2v) is 8.62. The Morgan fingerprint density at radius 2 is 1.96 bits per heavy atom. The predicted octanol–water partition coefficient (Wildman–Crippen LogP) is 2.14.